The molecule has 1 aromatic heterocycles. The van der Waals surface area contributed by atoms with Crippen molar-refractivity contribution < 1.29 is 26.3 Å². The monoisotopic (exact) mass is 327 g/mol. The SMILES string of the molecule is Cn1nc(C(F)(F)F)n(-c2ccc(C(F)(F)F)cc2)c1=S. The van der Waals surface area contributed by atoms with E-state index in [0.29, 0.717) is 16.7 Å². The van der Waals surface area contributed by atoms with E-state index in [9.17, 15) is 26.3 Å². The Labute approximate surface area is 119 Å². The molecule has 0 saturated carbocycles. The van der Waals surface area contributed by atoms with E-state index < -0.39 is 23.7 Å². The largest absolute Gasteiger partial charge is 0.452 e. The van der Waals surface area contributed by atoms with Crippen LogP contribution in [0.3, 0.4) is 0 Å². The minimum absolute atomic E-state index is 0.145. The molecule has 2 aromatic rings. The molecule has 0 unspecified atom stereocenters. The summed E-state index contributed by atoms with van der Waals surface area (Å²) in [6.07, 6.45) is -9.35. The van der Waals surface area contributed by atoms with Crippen LogP contribution in [0.2, 0.25) is 0 Å². The third-order valence-corrected chi connectivity index (χ3v) is 3.08. The third-order valence-electron chi connectivity index (χ3n) is 2.63. The van der Waals surface area contributed by atoms with E-state index in [1.807, 2.05) is 0 Å². The van der Waals surface area contributed by atoms with E-state index in [1.165, 1.54) is 7.05 Å². The van der Waals surface area contributed by atoms with Crippen molar-refractivity contribution >= 4 is 12.2 Å². The number of benzene rings is 1. The lowest BCUT2D eigenvalue weighted by Gasteiger charge is -2.11. The van der Waals surface area contributed by atoms with Gasteiger partial charge in [-0.15, -0.1) is 5.10 Å². The summed E-state index contributed by atoms with van der Waals surface area (Å²) in [6.45, 7) is 0. The zero-order chi connectivity index (χ0) is 16.0. The fraction of sp³-hybridized carbons (Fsp3) is 0.273. The molecule has 0 aliphatic rings. The van der Waals surface area contributed by atoms with Gasteiger partial charge in [-0.25, -0.2) is 4.68 Å². The van der Waals surface area contributed by atoms with Crippen molar-refractivity contribution in [3.8, 4) is 5.69 Å². The Balaban J connectivity index is 2.60. The molecule has 2 rings (SSSR count). The number of alkyl halides is 6. The zero-order valence-corrected chi connectivity index (χ0v) is 11.1. The van der Waals surface area contributed by atoms with Gasteiger partial charge < -0.3 is 0 Å². The van der Waals surface area contributed by atoms with Gasteiger partial charge in [0.25, 0.3) is 0 Å². The highest BCUT2D eigenvalue weighted by atomic mass is 32.1. The smallest absolute Gasteiger partial charge is 0.264 e. The van der Waals surface area contributed by atoms with Gasteiger partial charge in [0, 0.05) is 12.7 Å². The van der Waals surface area contributed by atoms with Crippen molar-refractivity contribution in [2.75, 3.05) is 0 Å². The molecule has 0 spiro atoms. The van der Waals surface area contributed by atoms with Crippen molar-refractivity contribution in [3.05, 3.63) is 40.4 Å². The van der Waals surface area contributed by atoms with Crippen LogP contribution in [-0.2, 0) is 19.4 Å². The minimum atomic E-state index is -4.78. The van der Waals surface area contributed by atoms with E-state index in [2.05, 4.69) is 5.10 Å². The summed E-state index contributed by atoms with van der Waals surface area (Å²) in [4.78, 5) is 0. The average molecular weight is 327 g/mol. The number of hydrogen-bond acceptors (Lipinski definition) is 2. The molecule has 10 heteroatoms. The summed E-state index contributed by atoms with van der Waals surface area (Å²) < 4.78 is 77.1. The molecule has 0 aliphatic carbocycles. The number of rotatable bonds is 1. The van der Waals surface area contributed by atoms with Crippen LogP contribution < -0.4 is 0 Å². The van der Waals surface area contributed by atoms with Gasteiger partial charge in [0.15, 0.2) is 0 Å². The van der Waals surface area contributed by atoms with Crippen LogP contribution in [0.4, 0.5) is 26.3 Å². The number of aromatic nitrogens is 3. The predicted octanol–water partition coefficient (Wildman–Crippen LogP) is 3.98. The van der Waals surface area contributed by atoms with Crippen LogP contribution in [0.5, 0.6) is 0 Å². The molecular formula is C11H7F6N3S. The van der Waals surface area contributed by atoms with Gasteiger partial charge in [0.2, 0.25) is 10.6 Å². The normalized spacial score (nSPS) is 12.7. The Hall–Kier alpha value is -1.84. The lowest BCUT2D eigenvalue weighted by atomic mass is 10.2. The van der Waals surface area contributed by atoms with Crippen LogP contribution in [0.1, 0.15) is 11.4 Å². The van der Waals surface area contributed by atoms with Crippen molar-refractivity contribution in [2.24, 2.45) is 7.05 Å². The van der Waals surface area contributed by atoms with Gasteiger partial charge in [-0.05, 0) is 36.5 Å². The second-order valence-corrected chi connectivity index (χ2v) is 4.47. The molecule has 21 heavy (non-hydrogen) atoms. The van der Waals surface area contributed by atoms with E-state index in [-0.39, 0.29) is 10.5 Å². The highest BCUT2D eigenvalue weighted by Gasteiger charge is 2.38. The molecule has 1 heterocycles. The molecule has 1 aromatic carbocycles. The lowest BCUT2D eigenvalue weighted by molar-refractivity contribution is -0.146. The van der Waals surface area contributed by atoms with E-state index in [1.54, 1.807) is 0 Å². The number of nitrogens with zero attached hydrogens (tertiary/aromatic N) is 3. The van der Waals surface area contributed by atoms with Crippen molar-refractivity contribution in [1.29, 1.82) is 0 Å². The first-order chi connectivity index (χ1) is 9.51. The molecule has 114 valence electrons. The molecule has 3 nitrogen and oxygen atoms in total. The molecule has 0 atom stereocenters. The van der Waals surface area contributed by atoms with Crippen LogP contribution in [0.15, 0.2) is 24.3 Å². The maximum atomic E-state index is 12.9. The molecule has 0 fully saturated rings. The Morgan fingerprint density at radius 3 is 1.90 bits per heavy atom. The van der Waals surface area contributed by atoms with Gasteiger partial charge in [-0.1, -0.05) is 0 Å². The lowest BCUT2D eigenvalue weighted by Crippen LogP contribution is -2.14. The topological polar surface area (TPSA) is 22.8 Å². The van der Waals surface area contributed by atoms with Crippen LogP contribution >= 0.6 is 12.2 Å². The molecule has 0 aliphatic heterocycles. The van der Waals surface area contributed by atoms with Gasteiger partial charge in [0.05, 0.1) is 5.56 Å². The summed E-state index contributed by atoms with van der Waals surface area (Å²) in [5.74, 6) is -1.30. The number of halogens is 6. The molecule has 0 radical (unpaired) electrons. The average Bonchev–Trinajstić information content (AvgIpc) is 2.65. The van der Waals surface area contributed by atoms with Crippen molar-refractivity contribution in [1.82, 2.24) is 14.3 Å². The van der Waals surface area contributed by atoms with Crippen LogP contribution in [-0.4, -0.2) is 14.3 Å². The van der Waals surface area contributed by atoms with Crippen LogP contribution in [0, 0.1) is 4.77 Å². The fourth-order valence-corrected chi connectivity index (χ4v) is 1.91. The number of hydrogen-bond donors (Lipinski definition) is 0. The second-order valence-electron chi connectivity index (χ2n) is 4.11. The summed E-state index contributed by atoms with van der Waals surface area (Å²) in [5, 5.41) is 3.26. The maximum Gasteiger partial charge on any atom is 0.452 e. The molecule has 0 bridgehead atoms. The summed E-state index contributed by atoms with van der Waals surface area (Å²) in [6, 6.07) is 3.19. The Kier molecular flexibility index (Phi) is 3.60. The maximum absolute atomic E-state index is 12.9. The predicted molar refractivity (Wildman–Crippen MR) is 63.4 cm³/mol. The molecule has 0 saturated heterocycles. The molecular weight excluding hydrogens is 320 g/mol. The highest BCUT2D eigenvalue weighted by molar-refractivity contribution is 7.71. The van der Waals surface area contributed by atoms with Gasteiger partial charge >= 0.3 is 12.4 Å². The second kappa shape index (κ2) is 4.86. The molecule has 0 amide bonds. The summed E-state index contributed by atoms with van der Waals surface area (Å²) >= 11 is 4.81. The molecule has 0 N–H and O–H groups in total. The zero-order valence-electron chi connectivity index (χ0n) is 10.3. The van der Waals surface area contributed by atoms with Crippen molar-refractivity contribution in [3.63, 3.8) is 0 Å². The Bertz CT molecular complexity index is 708. The van der Waals surface area contributed by atoms with Gasteiger partial charge in [0.1, 0.15) is 0 Å². The quantitative estimate of drug-likeness (QED) is 0.584. The van der Waals surface area contributed by atoms with E-state index >= 15 is 0 Å². The first-order valence-electron chi connectivity index (χ1n) is 5.42. The van der Waals surface area contributed by atoms with Gasteiger partial charge in [-0.2, -0.15) is 26.3 Å². The van der Waals surface area contributed by atoms with E-state index in [0.717, 1.165) is 16.8 Å². The standard InChI is InChI=1S/C11H7F6N3S/c1-19-9(21)20(8(18-19)11(15,16)17)7-4-2-6(3-5-7)10(12,13)14/h2-5H,1H3. The summed E-state index contributed by atoms with van der Waals surface area (Å²) in [5.41, 5.74) is -1.11. The minimum Gasteiger partial charge on any atom is -0.264 e. The van der Waals surface area contributed by atoms with Gasteiger partial charge in [-0.3, -0.25) is 4.57 Å². The first-order valence-corrected chi connectivity index (χ1v) is 5.83. The number of aryl methyl sites for hydroxylation is 1. The van der Waals surface area contributed by atoms with Crippen molar-refractivity contribution in [2.45, 2.75) is 12.4 Å². The third kappa shape index (κ3) is 2.94. The Morgan fingerprint density at radius 1 is 0.952 bits per heavy atom. The Morgan fingerprint density at radius 2 is 1.48 bits per heavy atom. The first kappa shape index (κ1) is 15.5. The summed E-state index contributed by atoms with van der Waals surface area (Å²) in [7, 11) is 1.22. The fourth-order valence-electron chi connectivity index (χ4n) is 1.68. The van der Waals surface area contributed by atoms with E-state index in [4.69, 9.17) is 12.2 Å². The van der Waals surface area contributed by atoms with Crippen LogP contribution in [0.25, 0.3) is 5.69 Å². The highest BCUT2D eigenvalue weighted by Crippen LogP contribution is 2.32.